The normalized spacial score (nSPS) is 17.7. The van der Waals surface area contributed by atoms with Crippen molar-refractivity contribution in [2.24, 2.45) is 0 Å². The molecule has 2 atom stereocenters. The Morgan fingerprint density at radius 2 is 1.88 bits per heavy atom. The molecule has 174 valence electrons. The number of aromatic nitrogens is 2. The quantitative estimate of drug-likeness (QED) is 0.494. The van der Waals surface area contributed by atoms with Gasteiger partial charge in [0, 0.05) is 45.3 Å². The molecule has 11 heteroatoms. The second-order valence-corrected chi connectivity index (χ2v) is 11.1. The standard InChI is InChI=1S/C22H23Cl2N5O2S2/c1-14-13-28(10-11-29(14)33(31)19-7-5-4-6-17(19)23)22-26-25-20(32-22)15-8-9-16(18(24)12-15)21(30)27(2)3/h4-9,12,14H,10-11,13H2,1-3H3. The number of piperazine rings is 1. The van der Waals surface area contributed by atoms with E-state index in [1.54, 1.807) is 38.4 Å². The molecule has 0 spiro atoms. The van der Waals surface area contributed by atoms with Crippen molar-refractivity contribution in [1.29, 1.82) is 0 Å². The molecule has 33 heavy (non-hydrogen) atoms. The smallest absolute Gasteiger partial charge is 0.254 e. The van der Waals surface area contributed by atoms with Gasteiger partial charge in [0.2, 0.25) is 5.13 Å². The van der Waals surface area contributed by atoms with Crippen molar-refractivity contribution >= 4 is 56.6 Å². The van der Waals surface area contributed by atoms with Crippen LogP contribution in [0.3, 0.4) is 0 Å². The van der Waals surface area contributed by atoms with Crippen molar-refractivity contribution in [3.8, 4) is 10.6 Å². The Kier molecular flexibility index (Phi) is 7.35. The first kappa shape index (κ1) is 24.1. The number of rotatable bonds is 5. The van der Waals surface area contributed by atoms with Crippen LogP contribution in [0, 0.1) is 0 Å². The van der Waals surface area contributed by atoms with Crippen LogP contribution in [0.15, 0.2) is 47.4 Å². The Balaban J connectivity index is 1.47. The van der Waals surface area contributed by atoms with Gasteiger partial charge < -0.3 is 9.80 Å². The number of nitrogens with zero attached hydrogens (tertiary/aromatic N) is 5. The van der Waals surface area contributed by atoms with Gasteiger partial charge in [-0.1, -0.05) is 52.7 Å². The average molecular weight is 524 g/mol. The summed E-state index contributed by atoms with van der Waals surface area (Å²) >= 11 is 14.1. The highest BCUT2D eigenvalue weighted by molar-refractivity contribution is 7.82. The minimum absolute atomic E-state index is 0.0361. The second-order valence-electron chi connectivity index (χ2n) is 7.90. The van der Waals surface area contributed by atoms with Crippen molar-refractivity contribution in [2.45, 2.75) is 17.9 Å². The number of amides is 1. The Labute approximate surface area is 209 Å². The highest BCUT2D eigenvalue weighted by Gasteiger charge is 2.30. The van der Waals surface area contributed by atoms with E-state index in [9.17, 15) is 9.00 Å². The number of anilines is 1. The molecule has 2 heterocycles. The van der Waals surface area contributed by atoms with E-state index in [1.165, 1.54) is 16.2 Å². The molecule has 0 saturated carbocycles. The minimum atomic E-state index is -1.32. The second kappa shape index (κ2) is 10.1. The average Bonchev–Trinajstić information content (AvgIpc) is 3.29. The molecular weight excluding hydrogens is 501 g/mol. The van der Waals surface area contributed by atoms with Gasteiger partial charge in [-0.25, -0.2) is 8.51 Å². The van der Waals surface area contributed by atoms with Crippen LogP contribution < -0.4 is 4.90 Å². The van der Waals surface area contributed by atoms with Crippen LogP contribution >= 0.6 is 34.5 Å². The van der Waals surface area contributed by atoms with Gasteiger partial charge in [0.15, 0.2) is 0 Å². The summed E-state index contributed by atoms with van der Waals surface area (Å²) in [6, 6.07) is 12.6. The van der Waals surface area contributed by atoms with Gasteiger partial charge in [0.1, 0.15) is 16.0 Å². The molecule has 1 aliphatic heterocycles. The number of hydrogen-bond donors (Lipinski definition) is 0. The fourth-order valence-corrected chi connectivity index (χ4v) is 6.39. The summed E-state index contributed by atoms with van der Waals surface area (Å²) in [5.74, 6) is -0.148. The molecule has 1 amide bonds. The first-order valence-electron chi connectivity index (χ1n) is 10.3. The highest BCUT2D eigenvalue weighted by Crippen LogP contribution is 2.33. The van der Waals surface area contributed by atoms with E-state index < -0.39 is 11.0 Å². The summed E-state index contributed by atoms with van der Waals surface area (Å²) < 4.78 is 15.0. The Hall–Kier alpha value is -2.04. The molecule has 7 nitrogen and oxygen atoms in total. The fourth-order valence-electron chi connectivity index (χ4n) is 3.60. The third-order valence-electron chi connectivity index (χ3n) is 5.34. The van der Waals surface area contributed by atoms with Crippen molar-refractivity contribution in [3.63, 3.8) is 0 Å². The zero-order valence-corrected chi connectivity index (χ0v) is 21.5. The lowest BCUT2D eigenvalue weighted by molar-refractivity contribution is 0.0828. The van der Waals surface area contributed by atoms with Crippen LogP contribution in [0.1, 0.15) is 17.3 Å². The van der Waals surface area contributed by atoms with Gasteiger partial charge in [0.25, 0.3) is 5.91 Å². The molecule has 0 N–H and O–H groups in total. The molecule has 2 aromatic carbocycles. The van der Waals surface area contributed by atoms with Crippen LogP contribution in [0.2, 0.25) is 10.0 Å². The minimum Gasteiger partial charge on any atom is -0.345 e. The van der Waals surface area contributed by atoms with Crippen molar-refractivity contribution in [1.82, 2.24) is 19.4 Å². The topological polar surface area (TPSA) is 69.6 Å². The van der Waals surface area contributed by atoms with E-state index in [2.05, 4.69) is 15.1 Å². The van der Waals surface area contributed by atoms with Crippen LogP contribution in [0.4, 0.5) is 5.13 Å². The van der Waals surface area contributed by atoms with E-state index in [4.69, 9.17) is 23.2 Å². The van der Waals surface area contributed by atoms with Gasteiger partial charge in [-0.05, 0) is 31.2 Å². The van der Waals surface area contributed by atoms with Crippen LogP contribution in [-0.2, 0) is 11.0 Å². The van der Waals surface area contributed by atoms with E-state index in [-0.39, 0.29) is 11.9 Å². The maximum atomic E-state index is 13.1. The van der Waals surface area contributed by atoms with E-state index in [0.717, 1.165) is 15.7 Å². The largest absolute Gasteiger partial charge is 0.345 e. The SMILES string of the molecule is CC1CN(c2nnc(-c3ccc(C(=O)N(C)C)c(Cl)c3)s2)CCN1S(=O)c1ccccc1Cl. The van der Waals surface area contributed by atoms with Gasteiger partial charge in [-0.3, -0.25) is 4.79 Å². The number of benzene rings is 2. The fraction of sp³-hybridized carbons (Fsp3) is 0.318. The number of halogens is 2. The lowest BCUT2D eigenvalue weighted by Gasteiger charge is -2.38. The van der Waals surface area contributed by atoms with Gasteiger partial charge in [0.05, 0.1) is 20.5 Å². The molecule has 0 aliphatic carbocycles. The summed E-state index contributed by atoms with van der Waals surface area (Å²) in [5, 5.41) is 11.1. The Morgan fingerprint density at radius 3 is 2.55 bits per heavy atom. The molecule has 1 aliphatic rings. The van der Waals surface area contributed by atoms with Crippen molar-refractivity contribution < 1.29 is 9.00 Å². The van der Waals surface area contributed by atoms with E-state index in [1.807, 2.05) is 29.4 Å². The van der Waals surface area contributed by atoms with Gasteiger partial charge in [-0.15, -0.1) is 10.2 Å². The van der Waals surface area contributed by atoms with Crippen molar-refractivity contribution in [3.05, 3.63) is 58.1 Å². The highest BCUT2D eigenvalue weighted by atomic mass is 35.5. The molecule has 4 rings (SSSR count). The third kappa shape index (κ3) is 5.07. The lowest BCUT2D eigenvalue weighted by Crippen LogP contribution is -2.52. The first-order valence-corrected chi connectivity index (χ1v) is 13.0. The van der Waals surface area contributed by atoms with Gasteiger partial charge >= 0.3 is 0 Å². The predicted molar refractivity (Wildman–Crippen MR) is 135 cm³/mol. The summed E-state index contributed by atoms with van der Waals surface area (Å²) in [4.78, 5) is 16.5. The van der Waals surface area contributed by atoms with Crippen LogP contribution in [0.5, 0.6) is 0 Å². The molecule has 1 saturated heterocycles. The maximum Gasteiger partial charge on any atom is 0.254 e. The summed E-state index contributed by atoms with van der Waals surface area (Å²) in [6.07, 6.45) is 0. The zero-order chi connectivity index (χ0) is 23.7. The summed E-state index contributed by atoms with van der Waals surface area (Å²) in [7, 11) is 2.05. The molecule has 0 bridgehead atoms. The number of hydrogen-bond acceptors (Lipinski definition) is 6. The summed E-state index contributed by atoms with van der Waals surface area (Å²) in [6.45, 7) is 4.00. The molecule has 3 aromatic rings. The third-order valence-corrected chi connectivity index (χ3v) is 8.83. The molecule has 1 fully saturated rings. The van der Waals surface area contributed by atoms with Crippen LogP contribution in [-0.4, -0.2) is 69.3 Å². The van der Waals surface area contributed by atoms with Crippen molar-refractivity contribution in [2.75, 3.05) is 38.6 Å². The van der Waals surface area contributed by atoms with E-state index in [0.29, 0.717) is 40.1 Å². The Bertz CT molecular complexity index is 1200. The maximum absolute atomic E-state index is 13.1. The molecule has 0 radical (unpaired) electrons. The molecule has 2 unspecified atom stereocenters. The van der Waals surface area contributed by atoms with Gasteiger partial charge in [-0.2, -0.15) is 0 Å². The Morgan fingerprint density at radius 1 is 1.12 bits per heavy atom. The molecular formula is C22H23Cl2N5O2S2. The monoisotopic (exact) mass is 523 g/mol. The number of carbonyl (C=O) groups is 1. The first-order chi connectivity index (χ1) is 15.8. The summed E-state index contributed by atoms with van der Waals surface area (Å²) in [5.41, 5.74) is 1.26. The van der Waals surface area contributed by atoms with E-state index >= 15 is 0 Å². The zero-order valence-electron chi connectivity index (χ0n) is 18.4. The molecule has 1 aromatic heterocycles. The lowest BCUT2D eigenvalue weighted by atomic mass is 10.1. The predicted octanol–water partition coefficient (Wildman–Crippen LogP) is 4.45. The number of carbonyl (C=O) groups excluding carboxylic acids is 1. The van der Waals surface area contributed by atoms with Crippen LogP contribution in [0.25, 0.3) is 10.6 Å².